The van der Waals surface area contributed by atoms with Crippen molar-refractivity contribution in [3.05, 3.63) is 263 Å². The highest BCUT2D eigenvalue weighted by atomic mass is 32.1. The summed E-state index contributed by atoms with van der Waals surface area (Å²) in [5.74, 6) is -5.04. The number of aliphatic imine (C=N–C) groups is 1. The molecule has 0 aliphatic heterocycles. The molecule has 0 fully saturated rings. The summed E-state index contributed by atoms with van der Waals surface area (Å²) in [6.45, 7) is -1.33. The van der Waals surface area contributed by atoms with E-state index in [1.54, 1.807) is 158 Å². The number of thiophene rings is 3. The zero-order chi connectivity index (χ0) is 55.6. The fourth-order valence-electron chi connectivity index (χ4n) is 10.9. The van der Waals surface area contributed by atoms with E-state index in [0.29, 0.717) is 27.8 Å². The molecule has 1 atom stereocenters. The van der Waals surface area contributed by atoms with E-state index in [0.717, 1.165) is 34.0 Å². The molecule has 81 heavy (non-hydrogen) atoms. The number of hydrogen-bond acceptors (Lipinski definition) is 17. The first-order chi connectivity index (χ1) is 39.5. The van der Waals surface area contributed by atoms with Gasteiger partial charge < -0.3 is 24.1 Å². The molecular weight excluding hydrogens is 1080 g/mol. The van der Waals surface area contributed by atoms with Crippen molar-refractivity contribution in [2.75, 3.05) is 0 Å². The Hall–Kier alpha value is -9.39. The fourth-order valence-corrected chi connectivity index (χ4v) is 14.8. The van der Waals surface area contributed by atoms with Crippen molar-refractivity contribution in [1.82, 2.24) is 0 Å². The number of nitrogens with zero attached hydrogens (tertiary/aromatic N) is 2. The Kier molecular flexibility index (Phi) is 12.8. The van der Waals surface area contributed by atoms with Crippen molar-refractivity contribution in [1.29, 1.82) is 0 Å². The summed E-state index contributed by atoms with van der Waals surface area (Å²) in [6.07, 6.45) is -1.40. The molecule has 3 aliphatic rings. The summed E-state index contributed by atoms with van der Waals surface area (Å²) < 4.78 is 25.1. The molecule has 1 unspecified atom stereocenters. The molecule has 13 rings (SSSR count). The highest BCUT2D eigenvalue weighted by Crippen LogP contribution is 2.68. The highest BCUT2D eigenvalue weighted by Gasteiger charge is 2.69. The summed E-state index contributed by atoms with van der Waals surface area (Å²) in [6, 6.07) is 51.0. The van der Waals surface area contributed by atoms with Gasteiger partial charge in [0.15, 0.2) is 5.36 Å². The molecule has 3 aliphatic carbocycles. The maximum Gasteiger partial charge on any atom is 0.333 e. The second kappa shape index (κ2) is 20.4. The second-order valence-corrected chi connectivity index (χ2v) is 22.5. The smallest absolute Gasteiger partial charge is 0.333 e. The number of ether oxygens (including phenoxy) is 4. The lowest BCUT2D eigenvalue weighted by atomic mass is 9.70. The van der Waals surface area contributed by atoms with Crippen LogP contribution in [0.1, 0.15) is 66.5 Å². The maximum atomic E-state index is 16.1. The van der Waals surface area contributed by atoms with Gasteiger partial charge in [0, 0.05) is 38.6 Å². The van der Waals surface area contributed by atoms with E-state index in [-0.39, 0.29) is 106 Å². The van der Waals surface area contributed by atoms with Crippen LogP contribution in [0, 0.1) is 0 Å². The average molecular weight is 1130 g/mol. The second-order valence-electron chi connectivity index (χ2n) is 19.4. The van der Waals surface area contributed by atoms with Gasteiger partial charge in [0.25, 0.3) is 0 Å². The number of hydrogen-bond donors (Lipinski definition) is 1. The number of rotatable bonds is 14. The van der Waals surface area contributed by atoms with Crippen LogP contribution in [0.4, 0.5) is 10.0 Å². The van der Waals surface area contributed by atoms with Crippen molar-refractivity contribution >= 4 is 90.2 Å². The van der Waals surface area contributed by atoms with Gasteiger partial charge >= 0.3 is 23.9 Å². The first kappa shape index (κ1) is 51.1. The van der Waals surface area contributed by atoms with Gasteiger partial charge in [0.2, 0.25) is 27.5 Å². The zero-order valence-electron chi connectivity index (χ0n) is 42.3. The Bertz CT molecular complexity index is 4260. The highest BCUT2D eigenvalue weighted by molar-refractivity contribution is 7.29. The average Bonchev–Trinajstić information content (AvgIpc) is 3.08. The molecule has 14 nitrogen and oxygen atoms in total. The van der Waals surface area contributed by atoms with Crippen molar-refractivity contribution in [2.24, 2.45) is 9.98 Å². The third kappa shape index (κ3) is 8.26. The Morgan fingerprint density at radius 1 is 0.444 bits per heavy atom. The molecule has 3 aromatic heterocycles. The standard InChI is InChI=1S/C64H40N2O12S3/c67-51-39-25-13-14-26-40(39)52(68)49(51)65-45-29-43-55(79-45)57-47(63(43,59(71)75-31-35-17-5-1-6-18-35)60(72)76-32-36-19-7-2-8-20-36)48-58(81-57)56-44(30-46(80-56)66-50-53(69)41-27-15-16-28-42(41)54(50)70)64(48,61(73)77-33-37-21-9-3-10-22-37)62(74)78-34-38-23-11-4-12-24-38/h1-30,51,67H,31-34H2/b65-49+. The normalized spacial score (nSPS) is 15.3. The van der Waals surface area contributed by atoms with Gasteiger partial charge in [-0.15, -0.1) is 34.0 Å². The molecule has 396 valence electrons. The van der Waals surface area contributed by atoms with E-state index in [2.05, 4.69) is 4.99 Å². The van der Waals surface area contributed by atoms with Crippen molar-refractivity contribution < 1.29 is 48.0 Å². The first-order valence-corrected chi connectivity index (χ1v) is 27.9. The van der Waals surface area contributed by atoms with Crippen LogP contribution in [-0.2, 0) is 75.4 Å². The molecule has 0 saturated heterocycles. The van der Waals surface area contributed by atoms with Crippen molar-refractivity contribution in [3.63, 3.8) is 0 Å². The van der Waals surface area contributed by atoms with Crippen LogP contribution < -0.4 is 16.2 Å². The maximum absolute atomic E-state index is 16.1. The third-order valence-electron chi connectivity index (χ3n) is 14.7. The summed E-state index contributed by atoms with van der Waals surface area (Å²) in [4.78, 5) is 116. The van der Waals surface area contributed by atoms with E-state index < -0.39 is 57.5 Å². The molecule has 7 aromatic carbocycles. The van der Waals surface area contributed by atoms with Gasteiger partial charge in [-0.2, -0.15) is 0 Å². The van der Waals surface area contributed by atoms with Crippen LogP contribution in [0.5, 0.6) is 0 Å². The minimum absolute atomic E-state index is 0.00211. The minimum Gasteiger partial charge on any atom is -0.459 e. The molecule has 0 amide bonds. The van der Waals surface area contributed by atoms with Gasteiger partial charge in [0.05, 0.1) is 19.5 Å². The van der Waals surface area contributed by atoms with Crippen molar-refractivity contribution in [2.45, 2.75) is 43.4 Å². The number of carbonyl (C=O) groups is 5. The molecule has 0 spiro atoms. The number of fused-ring (bicyclic) bond motifs is 9. The minimum atomic E-state index is -2.66. The molecule has 1 N–H and O–H groups in total. The molecule has 0 radical (unpaired) electrons. The molecule has 0 bridgehead atoms. The van der Waals surface area contributed by atoms with Crippen LogP contribution in [0.3, 0.4) is 0 Å². The molecule has 17 heteroatoms. The van der Waals surface area contributed by atoms with Gasteiger partial charge in [0.1, 0.15) is 48.2 Å². The lowest BCUT2D eigenvalue weighted by Crippen LogP contribution is -2.50. The topological polar surface area (TPSA) is 201 Å². The van der Waals surface area contributed by atoms with E-state index in [1.807, 2.05) is 0 Å². The predicted octanol–water partition coefficient (Wildman–Crippen LogP) is 10.4. The number of esters is 4. The van der Waals surface area contributed by atoms with Gasteiger partial charge in [-0.25, -0.2) is 9.98 Å². The molecule has 0 saturated carbocycles. The number of ketones is 1. The van der Waals surface area contributed by atoms with E-state index in [4.69, 9.17) is 23.9 Å². The van der Waals surface area contributed by atoms with Crippen LogP contribution >= 0.6 is 34.0 Å². The Morgan fingerprint density at radius 2 is 0.802 bits per heavy atom. The molecule has 10 aromatic rings. The zero-order valence-corrected chi connectivity index (χ0v) is 44.7. The van der Waals surface area contributed by atoms with Crippen molar-refractivity contribution in [3.8, 4) is 19.5 Å². The SMILES string of the molecule is O=C1/C(=N/c2cc3c(s2)-c2sc4c(c2C3(C(=O)OCc2ccccc2)C(=O)OCc2ccccc2)C(C(=O)OCc2ccccc2)(C(=O)OCc2ccccc2)c2cc(N=c3c(=O)c5ccccc5c3=O)sc2-4)C(O)c2ccccc21. The van der Waals surface area contributed by atoms with Gasteiger partial charge in [-0.1, -0.05) is 170 Å². The summed E-state index contributed by atoms with van der Waals surface area (Å²) >= 11 is 3.05. The quantitative estimate of drug-likeness (QED) is 0.0614. The molecule has 3 heterocycles. The first-order valence-electron chi connectivity index (χ1n) is 25.5. The van der Waals surface area contributed by atoms with E-state index in [1.165, 1.54) is 24.3 Å². The van der Waals surface area contributed by atoms with Crippen LogP contribution in [0.15, 0.2) is 202 Å². The number of benzene rings is 6. The number of aliphatic hydroxyl groups is 1. The lowest BCUT2D eigenvalue weighted by Gasteiger charge is -2.32. The van der Waals surface area contributed by atoms with Gasteiger partial charge in [-0.05, 0) is 39.9 Å². The number of Topliss-reactive ketones (excluding diaryl/α,β-unsaturated/α-hetero) is 1. The third-order valence-corrected chi connectivity index (χ3v) is 18.3. The van der Waals surface area contributed by atoms with Crippen LogP contribution in [-0.4, -0.2) is 40.5 Å². The Morgan fingerprint density at radius 3 is 1.20 bits per heavy atom. The Balaban J connectivity index is 1.09. The Labute approximate surface area is 471 Å². The lowest BCUT2D eigenvalue weighted by molar-refractivity contribution is -0.167. The monoisotopic (exact) mass is 1120 g/mol. The number of carbonyl (C=O) groups excluding carboxylic acids is 5. The van der Waals surface area contributed by atoms with E-state index in [9.17, 15) is 19.5 Å². The van der Waals surface area contributed by atoms with Crippen LogP contribution in [0.25, 0.3) is 30.3 Å². The summed E-state index contributed by atoms with van der Waals surface area (Å²) in [7, 11) is 0. The van der Waals surface area contributed by atoms with Crippen LogP contribution in [0.2, 0.25) is 0 Å². The summed E-state index contributed by atoms with van der Waals surface area (Å²) in [5, 5.41) is 11.7. The largest absolute Gasteiger partial charge is 0.459 e. The predicted molar refractivity (Wildman–Crippen MR) is 304 cm³/mol. The van der Waals surface area contributed by atoms with Gasteiger partial charge in [-0.3, -0.25) is 33.6 Å². The van der Waals surface area contributed by atoms with E-state index >= 15 is 19.2 Å². The summed E-state index contributed by atoms with van der Waals surface area (Å²) in [5.41, 5.74) is -4.00. The fraction of sp³-hybridized carbons (Fsp3) is 0.109. The molecular formula is C64H40N2O12S3. The number of aliphatic hydroxyl groups excluding tert-OH is 1.